The Bertz CT molecular complexity index is 384. The Balaban J connectivity index is 2.73. The highest BCUT2D eigenvalue weighted by atomic mass is 79.9. The molecule has 1 aromatic carbocycles. The first-order chi connectivity index (χ1) is 7.69. The number of nitrogens with two attached hydrogens (primary N) is 1. The molecule has 0 spiro atoms. The first-order valence-corrected chi connectivity index (χ1v) is 6.00. The molecule has 1 aromatic rings. The van der Waals surface area contributed by atoms with Gasteiger partial charge in [0, 0.05) is 16.9 Å². The minimum atomic E-state index is -0.00201. The van der Waals surface area contributed by atoms with Crippen molar-refractivity contribution < 1.29 is 4.74 Å². The van der Waals surface area contributed by atoms with Crippen LogP contribution < -0.4 is 10.5 Å². The number of methoxy groups -OCH3 is 1. The van der Waals surface area contributed by atoms with Crippen molar-refractivity contribution in [3.63, 3.8) is 0 Å². The van der Waals surface area contributed by atoms with E-state index in [0.717, 1.165) is 35.0 Å². The Hall–Kier alpha value is -0.980. The molecule has 0 aliphatic carbocycles. The second kappa shape index (κ2) is 6.57. The van der Waals surface area contributed by atoms with E-state index in [9.17, 15) is 0 Å². The van der Waals surface area contributed by atoms with Crippen LogP contribution in [-0.4, -0.2) is 7.11 Å². The highest BCUT2D eigenvalue weighted by Gasteiger charge is 2.10. The van der Waals surface area contributed by atoms with E-state index in [-0.39, 0.29) is 6.04 Å². The van der Waals surface area contributed by atoms with Crippen molar-refractivity contribution in [2.75, 3.05) is 7.11 Å². The predicted octanol–water partition coefficient (Wildman–Crippen LogP) is 3.26. The van der Waals surface area contributed by atoms with Crippen LogP contribution in [0.1, 0.15) is 30.9 Å². The average molecular weight is 282 g/mol. The first kappa shape index (κ1) is 13.1. The zero-order valence-electron chi connectivity index (χ0n) is 9.37. The van der Waals surface area contributed by atoms with Crippen LogP contribution in [0.4, 0.5) is 0 Å². The molecule has 1 rings (SSSR count). The van der Waals surface area contributed by atoms with Gasteiger partial charge in [0.15, 0.2) is 0 Å². The van der Waals surface area contributed by atoms with Gasteiger partial charge in [-0.3, -0.25) is 0 Å². The van der Waals surface area contributed by atoms with Crippen molar-refractivity contribution in [1.29, 1.82) is 0 Å². The maximum atomic E-state index is 6.11. The Morgan fingerprint density at radius 1 is 1.56 bits per heavy atom. The molecular weight excluding hydrogens is 266 g/mol. The third-order valence-corrected chi connectivity index (χ3v) is 3.16. The van der Waals surface area contributed by atoms with Gasteiger partial charge >= 0.3 is 0 Å². The van der Waals surface area contributed by atoms with Crippen LogP contribution in [0.3, 0.4) is 0 Å². The standard InChI is InChI=1S/C13H16BrNO/c1-3-4-5-6-13(15)11-9-10(16-2)7-8-12(11)14/h1,7-9,13H,4-6,15H2,2H3. The summed E-state index contributed by atoms with van der Waals surface area (Å²) in [7, 11) is 1.65. The van der Waals surface area contributed by atoms with Gasteiger partial charge < -0.3 is 10.5 Å². The SMILES string of the molecule is C#CCCCC(N)c1cc(OC)ccc1Br. The number of rotatable bonds is 5. The molecule has 0 saturated heterocycles. The van der Waals surface area contributed by atoms with E-state index >= 15 is 0 Å². The lowest BCUT2D eigenvalue weighted by Crippen LogP contribution is -2.10. The first-order valence-electron chi connectivity index (χ1n) is 5.21. The Morgan fingerprint density at radius 2 is 2.31 bits per heavy atom. The Morgan fingerprint density at radius 3 is 2.94 bits per heavy atom. The molecular formula is C13H16BrNO. The van der Waals surface area contributed by atoms with E-state index < -0.39 is 0 Å². The van der Waals surface area contributed by atoms with Gasteiger partial charge in [0.2, 0.25) is 0 Å². The second-order valence-corrected chi connectivity index (χ2v) is 4.44. The van der Waals surface area contributed by atoms with Crippen LogP contribution in [0, 0.1) is 12.3 Å². The molecule has 0 amide bonds. The van der Waals surface area contributed by atoms with Crippen LogP contribution >= 0.6 is 15.9 Å². The fourth-order valence-corrected chi connectivity index (χ4v) is 2.05. The van der Waals surface area contributed by atoms with Crippen molar-refractivity contribution in [2.24, 2.45) is 5.73 Å². The minimum absolute atomic E-state index is 0.00201. The van der Waals surface area contributed by atoms with Gasteiger partial charge in [0.1, 0.15) is 5.75 Å². The lowest BCUT2D eigenvalue weighted by atomic mass is 10.0. The van der Waals surface area contributed by atoms with E-state index in [1.165, 1.54) is 0 Å². The lowest BCUT2D eigenvalue weighted by Gasteiger charge is -2.14. The lowest BCUT2D eigenvalue weighted by molar-refractivity contribution is 0.413. The number of halogens is 1. The molecule has 0 bridgehead atoms. The van der Waals surface area contributed by atoms with E-state index in [4.69, 9.17) is 16.9 Å². The molecule has 0 heterocycles. The van der Waals surface area contributed by atoms with E-state index in [1.54, 1.807) is 7.11 Å². The van der Waals surface area contributed by atoms with Crippen molar-refractivity contribution in [1.82, 2.24) is 0 Å². The summed E-state index contributed by atoms with van der Waals surface area (Å²) in [6, 6.07) is 5.82. The fraction of sp³-hybridized carbons (Fsp3) is 0.385. The molecule has 1 atom stereocenters. The molecule has 2 nitrogen and oxygen atoms in total. The molecule has 0 saturated carbocycles. The number of hydrogen-bond donors (Lipinski definition) is 1. The molecule has 0 aliphatic heterocycles. The van der Waals surface area contributed by atoms with E-state index in [2.05, 4.69) is 21.9 Å². The fourth-order valence-electron chi connectivity index (χ4n) is 1.51. The highest BCUT2D eigenvalue weighted by Crippen LogP contribution is 2.28. The number of terminal acetylenes is 1. The summed E-state index contributed by atoms with van der Waals surface area (Å²) in [5, 5.41) is 0. The Kier molecular flexibility index (Phi) is 5.37. The summed E-state index contributed by atoms with van der Waals surface area (Å²) in [6.07, 6.45) is 7.81. The molecule has 0 fully saturated rings. The maximum absolute atomic E-state index is 6.11. The summed E-state index contributed by atoms with van der Waals surface area (Å²) in [6.45, 7) is 0. The summed E-state index contributed by atoms with van der Waals surface area (Å²) < 4.78 is 6.19. The molecule has 16 heavy (non-hydrogen) atoms. The topological polar surface area (TPSA) is 35.2 Å². The molecule has 0 aromatic heterocycles. The number of unbranched alkanes of at least 4 members (excludes halogenated alkanes) is 1. The quantitative estimate of drug-likeness (QED) is 0.664. The van der Waals surface area contributed by atoms with Crippen molar-refractivity contribution in [3.05, 3.63) is 28.2 Å². The van der Waals surface area contributed by atoms with Gasteiger partial charge in [-0.1, -0.05) is 15.9 Å². The Labute approximate surface area is 105 Å². The summed E-state index contributed by atoms with van der Waals surface area (Å²) in [5.74, 6) is 3.44. The summed E-state index contributed by atoms with van der Waals surface area (Å²) in [5.41, 5.74) is 7.17. The van der Waals surface area contributed by atoms with Gasteiger partial charge in [0.25, 0.3) is 0 Å². The third kappa shape index (κ3) is 3.55. The van der Waals surface area contributed by atoms with Crippen molar-refractivity contribution >= 4 is 15.9 Å². The van der Waals surface area contributed by atoms with Gasteiger partial charge in [0.05, 0.1) is 7.11 Å². The van der Waals surface area contributed by atoms with Crippen molar-refractivity contribution in [2.45, 2.75) is 25.3 Å². The van der Waals surface area contributed by atoms with Crippen LogP contribution in [0.2, 0.25) is 0 Å². The third-order valence-electron chi connectivity index (χ3n) is 2.44. The molecule has 1 unspecified atom stereocenters. The van der Waals surface area contributed by atoms with Gasteiger partial charge in [-0.25, -0.2) is 0 Å². The molecule has 3 heteroatoms. The van der Waals surface area contributed by atoms with E-state index in [1.807, 2.05) is 18.2 Å². The average Bonchev–Trinajstić information content (AvgIpc) is 2.30. The second-order valence-electron chi connectivity index (χ2n) is 3.59. The molecule has 0 radical (unpaired) electrons. The summed E-state index contributed by atoms with van der Waals surface area (Å²) >= 11 is 3.49. The zero-order valence-corrected chi connectivity index (χ0v) is 11.0. The van der Waals surface area contributed by atoms with Crippen LogP contribution in [0.15, 0.2) is 22.7 Å². The van der Waals surface area contributed by atoms with Crippen LogP contribution in [0.5, 0.6) is 5.75 Å². The smallest absolute Gasteiger partial charge is 0.119 e. The number of benzene rings is 1. The van der Waals surface area contributed by atoms with Gasteiger partial charge in [-0.15, -0.1) is 12.3 Å². The highest BCUT2D eigenvalue weighted by molar-refractivity contribution is 9.10. The summed E-state index contributed by atoms with van der Waals surface area (Å²) in [4.78, 5) is 0. The largest absolute Gasteiger partial charge is 0.497 e. The van der Waals surface area contributed by atoms with Crippen molar-refractivity contribution in [3.8, 4) is 18.1 Å². The van der Waals surface area contributed by atoms with E-state index in [0.29, 0.717) is 0 Å². The molecule has 86 valence electrons. The number of ether oxygens (including phenoxy) is 1. The molecule has 0 aliphatic rings. The van der Waals surface area contributed by atoms with Crippen LogP contribution in [-0.2, 0) is 0 Å². The van der Waals surface area contributed by atoms with Gasteiger partial charge in [-0.2, -0.15) is 0 Å². The predicted molar refractivity (Wildman–Crippen MR) is 70.3 cm³/mol. The molecule has 2 N–H and O–H groups in total. The maximum Gasteiger partial charge on any atom is 0.119 e. The minimum Gasteiger partial charge on any atom is -0.497 e. The number of hydrogen-bond acceptors (Lipinski definition) is 2. The normalized spacial score (nSPS) is 11.9. The van der Waals surface area contributed by atoms with Gasteiger partial charge in [-0.05, 0) is 36.6 Å². The van der Waals surface area contributed by atoms with Crippen LogP contribution in [0.25, 0.3) is 0 Å². The monoisotopic (exact) mass is 281 g/mol. The zero-order chi connectivity index (χ0) is 12.0.